The summed E-state index contributed by atoms with van der Waals surface area (Å²) in [5.41, 5.74) is 3.26. The molecule has 0 radical (unpaired) electrons. The summed E-state index contributed by atoms with van der Waals surface area (Å²) in [6, 6.07) is 20.0. The van der Waals surface area contributed by atoms with E-state index >= 15 is 0 Å². The van der Waals surface area contributed by atoms with E-state index < -0.39 is 90.0 Å². The Morgan fingerprint density at radius 3 is 2.30 bits per heavy atom. The fourth-order valence-corrected chi connectivity index (χ4v) is 10.1. The second-order valence-electron chi connectivity index (χ2n) is 20.9. The van der Waals surface area contributed by atoms with Gasteiger partial charge in [0.2, 0.25) is 11.8 Å². The number of rotatable bonds is 17. The fourth-order valence-electron chi connectivity index (χ4n) is 10.1. The highest BCUT2D eigenvalue weighted by molar-refractivity contribution is 5.83. The Hall–Kier alpha value is -4.85. The summed E-state index contributed by atoms with van der Waals surface area (Å²) in [7, 11) is 0. The van der Waals surface area contributed by atoms with Crippen molar-refractivity contribution < 1.29 is 57.4 Å². The van der Waals surface area contributed by atoms with Crippen LogP contribution in [0.1, 0.15) is 96.0 Å². The number of aliphatic hydroxyl groups is 1. The Kier molecular flexibility index (Phi) is 15.6. The number of benzene rings is 2. The Labute approximate surface area is 404 Å². The maximum absolute atomic E-state index is 14.6. The number of carbonyl (C=O) groups excluding carboxylic acids is 4. The number of hydrogen-bond donors (Lipinski definition) is 3. The molecule has 374 valence electrons. The van der Waals surface area contributed by atoms with Crippen molar-refractivity contribution in [2.24, 2.45) is 5.92 Å². The molecule has 3 N–H and O–H groups in total. The summed E-state index contributed by atoms with van der Waals surface area (Å²) in [4.78, 5) is 64.0. The molecule has 17 heteroatoms. The van der Waals surface area contributed by atoms with Gasteiger partial charge in [-0.15, -0.1) is 0 Å². The second kappa shape index (κ2) is 21.2. The van der Waals surface area contributed by atoms with Crippen LogP contribution in [-0.2, 0) is 71.7 Å². The van der Waals surface area contributed by atoms with E-state index in [0.29, 0.717) is 39.0 Å². The van der Waals surface area contributed by atoms with E-state index in [4.69, 9.17) is 33.2 Å². The number of ether oxygens (including phenoxy) is 7. The van der Waals surface area contributed by atoms with Crippen LogP contribution in [0.2, 0.25) is 0 Å². The van der Waals surface area contributed by atoms with Crippen molar-refractivity contribution in [2.45, 2.75) is 159 Å². The normalized spacial score (nSPS) is 28.3. The van der Waals surface area contributed by atoms with Gasteiger partial charge in [-0.1, -0.05) is 60.7 Å². The molecule has 69 heavy (non-hydrogen) atoms. The summed E-state index contributed by atoms with van der Waals surface area (Å²) in [6.07, 6.45) is -1.51. The number of nitrogens with one attached hydrogen (secondary N) is 2. The van der Waals surface area contributed by atoms with Gasteiger partial charge >= 0.3 is 11.9 Å². The molecule has 4 fully saturated rings. The number of amides is 2. The van der Waals surface area contributed by atoms with E-state index in [1.807, 2.05) is 98.6 Å². The van der Waals surface area contributed by atoms with E-state index in [2.05, 4.69) is 20.5 Å². The third-order valence-corrected chi connectivity index (χ3v) is 13.2. The minimum absolute atomic E-state index is 0.117. The molecule has 0 saturated carbocycles. The van der Waals surface area contributed by atoms with E-state index in [-0.39, 0.29) is 44.2 Å². The standard InChI is InChI=1S/C52H69N5O12/c1-50(2,3)55-48(62)38-30-56(28-33-16-13-21-53-27-33)22-23-57(38)29-36(58)25-35(24-32-14-9-8-10-15-32)47(61)54-43-37-18-12-11-17-34(37)26-39(43)64-41(59)19-20-42(60)65-45-44(40-31-63-51(4,5)67-40)66-49-46(45)68-52(6,7)69-49/h8-18,21,27,35-36,38-40,43-46,49,58H,19-20,22-26,28-31H2,1-7H3,(H,54,61)(H,55,62)/t35-,36+,38+,39-,40-,43+,44-,45+,46-,49-/m1/s1. The van der Waals surface area contributed by atoms with Gasteiger partial charge in [-0.25, -0.2) is 0 Å². The third-order valence-electron chi connectivity index (χ3n) is 13.2. The monoisotopic (exact) mass is 955 g/mol. The van der Waals surface area contributed by atoms with Crippen LogP contribution >= 0.6 is 0 Å². The Morgan fingerprint density at radius 2 is 1.59 bits per heavy atom. The third kappa shape index (κ3) is 13.1. The van der Waals surface area contributed by atoms with Gasteiger partial charge in [-0.3, -0.25) is 34.0 Å². The SMILES string of the molecule is CC(C)(C)NC(=O)[C@@H]1CN(Cc2cccnc2)CCN1C[C@@H](O)C[C@@H](Cc1ccccc1)C(=O)N[C@H]1c2ccccc2C[C@H]1OC(=O)CCC(=O)O[C@@H]1[C@H]2OC(C)(C)O[C@H]2O[C@@H]1[C@H]1COC(C)(C)O1. The summed E-state index contributed by atoms with van der Waals surface area (Å²) >= 11 is 0. The van der Waals surface area contributed by atoms with Crippen LogP contribution < -0.4 is 10.6 Å². The number of hydrogen-bond acceptors (Lipinski definition) is 15. The molecule has 3 aromatic rings. The summed E-state index contributed by atoms with van der Waals surface area (Å²) < 4.78 is 42.0. The van der Waals surface area contributed by atoms with Crippen LogP contribution in [0.4, 0.5) is 0 Å². The molecule has 1 aliphatic carbocycles. The minimum Gasteiger partial charge on any atom is -0.459 e. The number of aliphatic hydroxyl groups excluding tert-OH is 1. The number of piperazine rings is 1. The first kappa shape index (κ1) is 50.5. The maximum atomic E-state index is 14.6. The minimum atomic E-state index is -0.958. The van der Waals surface area contributed by atoms with Crippen LogP contribution in [0.15, 0.2) is 79.1 Å². The average Bonchev–Trinajstić information content (AvgIpc) is 4.01. The molecule has 2 aromatic carbocycles. The van der Waals surface area contributed by atoms with Crippen molar-refractivity contribution in [1.82, 2.24) is 25.4 Å². The lowest BCUT2D eigenvalue weighted by atomic mass is 9.91. The number of β-amino-alcohol motifs (C(OH)–C–C–N with tert-alkyl or cyclic N) is 1. The zero-order valence-electron chi connectivity index (χ0n) is 40.8. The molecule has 4 aliphatic heterocycles. The lowest BCUT2D eigenvalue weighted by Gasteiger charge is -2.42. The number of esters is 2. The van der Waals surface area contributed by atoms with Crippen LogP contribution in [0, 0.1) is 5.92 Å². The first-order valence-corrected chi connectivity index (χ1v) is 24.3. The lowest BCUT2D eigenvalue weighted by Crippen LogP contribution is -2.61. The predicted molar refractivity (Wildman–Crippen MR) is 251 cm³/mol. The van der Waals surface area contributed by atoms with Crippen molar-refractivity contribution in [3.05, 3.63) is 101 Å². The molecule has 17 nitrogen and oxygen atoms in total. The molecule has 4 saturated heterocycles. The number of carbonyl (C=O) groups is 4. The number of aromatic nitrogens is 1. The first-order valence-electron chi connectivity index (χ1n) is 24.3. The van der Waals surface area contributed by atoms with Gasteiger partial charge in [0.1, 0.15) is 24.4 Å². The van der Waals surface area contributed by atoms with Gasteiger partial charge in [0.25, 0.3) is 0 Å². The molecule has 5 aliphatic rings. The summed E-state index contributed by atoms with van der Waals surface area (Å²) in [6.45, 7) is 15.7. The number of pyridine rings is 1. The number of fused-ring (bicyclic) bond motifs is 2. The van der Waals surface area contributed by atoms with Crippen molar-refractivity contribution in [1.29, 1.82) is 0 Å². The molecular weight excluding hydrogens is 887 g/mol. The van der Waals surface area contributed by atoms with Crippen molar-refractivity contribution in [3.63, 3.8) is 0 Å². The van der Waals surface area contributed by atoms with E-state index in [1.165, 1.54) is 0 Å². The molecule has 8 rings (SSSR count). The topological polar surface area (TPSA) is 197 Å². The van der Waals surface area contributed by atoms with Crippen LogP contribution in [0.25, 0.3) is 0 Å². The quantitative estimate of drug-likeness (QED) is 0.163. The van der Waals surface area contributed by atoms with Gasteiger partial charge in [-0.2, -0.15) is 0 Å². The second-order valence-corrected chi connectivity index (χ2v) is 20.9. The number of nitrogens with zero attached hydrogens (tertiary/aromatic N) is 3. The molecular formula is C52H69N5O12. The van der Waals surface area contributed by atoms with Gasteiger partial charge in [0, 0.05) is 63.0 Å². The molecule has 5 heterocycles. The maximum Gasteiger partial charge on any atom is 0.306 e. The Morgan fingerprint density at radius 1 is 0.870 bits per heavy atom. The average molecular weight is 956 g/mol. The predicted octanol–water partition coefficient (Wildman–Crippen LogP) is 4.14. The van der Waals surface area contributed by atoms with Crippen LogP contribution in [-0.4, -0.2) is 142 Å². The largest absolute Gasteiger partial charge is 0.459 e. The Bertz CT molecular complexity index is 2260. The van der Waals surface area contributed by atoms with Gasteiger partial charge in [0.15, 0.2) is 30.1 Å². The molecule has 0 unspecified atom stereocenters. The van der Waals surface area contributed by atoms with Gasteiger partial charge in [-0.05, 0) is 89.6 Å². The summed E-state index contributed by atoms with van der Waals surface area (Å²) in [5, 5.41) is 18.2. The van der Waals surface area contributed by atoms with Crippen molar-refractivity contribution in [2.75, 3.05) is 32.8 Å². The van der Waals surface area contributed by atoms with Crippen LogP contribution in [0.3, 0.4) is 0 Å². The molecule has 0 bridgehead atoms. The zero-order chi connectivity index (χ0) is 49.1. The molecule has 1 aromatic heterocycles. The first-order chi connectivity index (χ1) is 32.8. The highest BCUT2D eigenvalue weighted by Gasteiger charge is 2.60. The van der Waals surface area contributed by atoms with Gasteiger partial charge in [0.05, 0.1) is 31.6 Å². The lowest BCUT2D eigenvalue weighted by molar-refractivity contribution is -0.235. The van der Waals surface area contributed by atoms with Crippen LogP contribution in [0.5, 0.6) is 0 Å². The highest BCUT2D eigenvalue weighted by Crippen LogP contribution is 2.42. The smallest absolute Gasteiger partial charge is 0.306 e. The fraction of sp³-hybridized carbons (Fsp3) is 0.596. The van der Waals surface area contributed by atoms with E-state index in [0.717, 1.165) is 22.3 Å². The molecule has 10 atom stereocenters. The van der Waals surface area contributed by atoms with E-state index in [9.17, 15) is 24.3 Å². The van der Waals surface area contributed by atoms with Crippen molar-refractivity contribution in [3.8, 4) is 0 Å². The highest BCUT2D eigenvalue weighted by atomic mass is 16.9. The van der Waals surface area contributed by atoms with E-state index in [1.54, 1.807) is 33.9 Å². The van der Waals surface area contributed by atoms with Crippen molar-refractivity contribution >= 4 is 23.8 Å². The molecule has 0 spiro atoms. The van der Waals surface area contributed by atoms with Gasteiger partial charge < -0.3 is 48.9 Å². The summed E-state index contributed by atoms with van der Waals surface area (Å²) in [5.74, 6) is -4.18. The zero-order valence-corrected chi connectivity index (χ0v) is 40.8. The molecule has 2 amide bonds. The Balaban J connectivity index is 0.913.